The predicted octanol–water partition coefficient (Wildman–Crippen LogP) is 1.06. The van der Waals surface area contributed by atoms with Gasteiger partial charge in [0.2, 0.25) is 0 Å². The first-order valence-corrected chi connectivity index (χ1v) is 8.37. The number of piperidine rings is 1. The van der Waals surface area contributed by atoms with E-state index in [9.17, 15) is 9.90 Å². The summed E-state index contributed by atoms with van der Waals surface area (Å²) in [5, 5.41) is 9.60. The minimum absolute atomic E-state index is 0.0576. The van der Waals surface area contributed by atoms with Gasteiger partial charge in [-0.25, -0.2) is 0 Å². The Morgan fingerprint density at radius 2 is 1.87 bits per heavy atom. The Morgan fingerprint density at radius 3 is 2.43 bits per heavy atom. The maximum Gasteiger partial charge on any atom is 0.316 e. The van der Waals surface area contributed by atoms with Crippen LogP contribution in [-0.2, 0) is 14.3 Å². The lowest BCUT2D eigenvalue weighted by molar-refractivity contribution is -0.938. The summed E-state index contributed by atoms with van der Waals surface area (Å²) in [5.74, 6) is -0.908. The summed E-state index contributed by atoms with van der Waals surface area (Å²) in [5.41, 5.74) is 0.807. The number of benzene rings is 1. The zero-order chi connectivity index (χ0) is 16.2. The van der Waals surface area contributed by atoms with E-state index < -0.39 is 5.92 Å². The number of aliphatic hydroxyl groups excluding tert-OH is 1. The molecule has 2 bridgehead atoms. The second kappa shape index (κ2) is 5.30. The summed E-state index contributed by atoms with van der Waals surface area (Å²) in [6.45, 7) is -0.224. The van der Waals surface area contributed by atoms with Gasteiger partial charge in [-0.3, -0.25) is 4.79 Å². The number of quaternary nitrogens is 1. The van der Waals surface area contributed by atoms with Crippen LogP contribution in [0.15, 0.2) is 30.3 Å². The molecule has 1 unspecified atom stereocenters. The van der Waals surface area contributed by atoms with Crippen LogP contribution in [0.5, 0.6) is 0 Å². The molecule has 3 aliphatic rings. The Labute approximate surface area is 136 Å². The molecule has 0 radical (unpaired) electrons. The van der Waals surface area contributed by atoms with E-state index in [0.29, 0.717) is 24.3 Å². The zero-order valence-corrected chi connectivity index (χ0v) is 13.6. The van der Waals surface area contributed by atoms with Crippen molar-refractivity contribution in [3.8, 4) is 0 Å². The Balaban J connectivity index is 1.44. The van der Waals surface area contributed by atoms with Gasteiger partial charge in [0.05, 0.1) is 20.7 Å². The quantitative estimate of drug-likeness (QED) is 0.512. The number of esters is 1. The van der Waals surface area contributed by atoms with E-state index in [1.807, 2.05) is 30.3 Å². The molecule has 3 heterocycles. The zero-order valence-electron chi connectivity index (χ0n) is 13.6. The molecule has 0 aromatic heterocycles. The molecule has 5 heteroatoms. The van der Waals surface area contributed by atoms with Crippen molar-refractivity contribution >= 4 is 5.97 Å². The first-order chi connectivity index (χ1) is 11.0. The maximum absolute atomic E-state index is 12.5. The Kier molecular flexibility index (Phi) is 3.48. The molecule has 4 rings (SSSR count). The highest BCUT2D eigenvalue weighted by atomic mass is 16.6. The molecule has 6 atom stereocenters. The molecule has 124 valence electrons. The van der Waals surface area contributed by atoms with Gasteiger partial charge in [-0.1, -0.05) is 30.3 Å². The molecule has 1 aromatic rings. The molecule has 0 saturated carbocycles. The van der Waals surface area contributed by atoms with Gasteiger partial charge >= 0.3 is 5.97 Å². The van der Waals surface area contributed by atoms with Crippen LogP contribution in [0.2, 0.25) is 0 Å². The predicted molar refractivity (Wildman–Crippen MR) is 83.7 cm³/mol. The summed E-state index contributed by atoms with van der Waals surface area (Å²) in [6.07, 6.45) is 2.34. The van der Waals surface area contributed by atoms with Gasteiger partial charge in [0.1, 0.15) is 36.3 Å². The molecule has 3 aliphatic heterocycles. The number of carbonyl (C=O) groups excluding carboxylic acids is 1. The minimum Gasteiger partial charge on any atom is -0.461 e. The summed E-state index contributed by atoms with van der Waals surface area (Å²) >= 11 is 0. The van der Waals surface area contributed by atoms with Gasteiger partial charge in [0, 0.05) is 12.8 Å². The van der Waals surface area contributed by atoms with Crippen LogP contribution in [0.4, 0.5) is 0 Å². The maximum atomic E-state index is 12.5. The highest BCUT2D eigenvalue weighted by Gasteiger charge is 2.70. The lowest BCUT2D eigenvalue weighted by Gasteiger charge is -2.45. The topological polar surface area (TPSA) is 59.1 Å². The number of aliphatic hydroxyl groups is 1. The number of hydrogen-bond acceptors (Lipinski definition) is 4. The van der Waals surface area contributed by atoms with E-state index in [2.05, 4.69) is 14.1 Å². The molecule has 0 spiro atoms. The Hall–Kier alpha value is -1.43. The van der Waals surface area contributed by atoms with Crippen molar-refractivity contribution in [1.29, 1.82) is 0 Å². The highest BCUT2D eigenvalue weighted by Crippen LogP contribution is 2.51. The largest absolute Gasteiger partial charge is 0.461 e. The Bertz CT molecular complexity index is 582. The van der Waals surface area contributed by atoms with Crippen LogP contribution in [0.3, 0.4) is 0 Å². The number of epoxide rings is 1. The van der Waals surface area contributed by atoms with Crippen LogP contribution >= 0.6 is 0 Å². The fourth-order valence-electron chi connectivity index (χ4n) is 4.55. The first-order valence-electron chi connectivity index (χ1n) is 8.37. The number of ether oxygens (including phenoxy) is 2. The van der Waals surface area contributed by atoms with Gasteiger partial charge in [0.15, 0.2) is 0 Å². The minimum atomic E-state index is -0.593. The number of hydrogen-bond donors (Lipinski definition) is 1. The number of fused-ring (bicyclic) bond motifs is 5. The van der Waals surface area contributed by atoms with Crippen molar-refractivity contribution in [2.45, 2.75) is 49.2 Å². The normalized spacial score (nSPS) is 37.8. The van der Waals surface area contributed by atoms with Gasteiger partial charge in [-0.15, -0.1) is 0 Å². The molecule has 5 nitrogen and oxygen atoms in total. The van der Waals surface area contributed by atoms with Crippen molar-refractivity contribution < 1.29 is 23.9 Å². The fourth-order valence-corrected chi connectivity index (χ4v) is 4.55. The van der Waals surface area contributed by atoms with Gasteiger partial charge < -0.3 is 19.1 Å². The van der Waals surface area contributed by atoms with Gasteiger partial charge in [-0.05, 0) is 5.56 Å². The molecule has 1 N–H and O–H groups in total. The molecular formula is C18H24NO4+. The lowest BCUT2D eigenvalue weighted by atomic mass is 9.95. The van der Waals surface area contributed by atoms with E-state index in [1.165, 1.54) is 0 Å². The molecular weight excluding hydrogens is 294 g/mol. The van der Waals surface area contributed by atoms with Crippen molar-refractivity contribution in [3.05, 3.63) is 35.9 Å². The standard InChI is InChI=1S/C18H24NO4/c1-19(2)14-8-12(9-15(19)17-16(14)23-17)22-18(21)13(10-20)11-6-4-3-5-7-11/h3-7,12-17,20H,8-10H2,1-2H3/q+1/t12?,13-,14-,15+,16-,17-/m1/s1. The van der Waals surface area contributed by atoms with Crippen LogP contribution in [-0.4, -0.2) is 66.7 Å². The number of carbonyl (C=O) groups is 1. The van der Waals surface area contributed by atoms with E-state index in [0.717, 1.165) is 22.9 Å². The second-order valence-electron chi connectivity index (χ2n) is 7.51. The average molecular weight is 318 g/mol. The number of rotatable bonds is 4. The number of nitrogens with zero attached hydrogens (tertiary/aromatic N) is 1. The monoisotopic (exact) mass is 318 g/mol. The molecule has 0 aliphatic carbocycles. The van der Waals surface area contributed by atoms with E-state index in [1.54, 1.807) is 0 Å². The smallest absolute Gasteiger partial charge is 0.316 e. The van der Waals surface area contributed by atoms with E-state index in [-0.39, 0.29) is 18.7 Å². The van der Waals surface area contributed by atoms with Gasteiger partial charge in [0.25, 0.3) is 0 Å². The van der Waals surface area contributed by atoms with Crippen LogP contribution in [0.1, 0.15) is 24.3 Å². The SMILES string of the molecule is C[N+]1(C)[C@@H]2CC(OC(=O)[C@H](CO)c3ccccc3)C[C@H]1[C@H]1O[C@@H]12. The van der Waals surface area contributed by atoms with Crippen LogP contribution in [0.25, 0.3) is 0 Å². The van der Waals surface area contributed by atoms with E-state index in [4.69, 9.17) is 9.47 Å². The second-order valence-corrected chi connectivity index (χ2v) is 7.51. The van der Waals surface area contributed by atoms with Crippen molar-refractivity contribution in [1.82, 2.24) is 0 Å². The summed E-state index contributed by atoms with van der Waals surface area (Å²) in [7, 11) is 4.51. The van der Waals surface area contributed by atoms with E-state index >= 15 is 0 Å². The molecule has 1 aromatic carbocycles. The van der Waals surface area contributed by atoms with Gasteiger partial charge in [-0.2, -0.15) is 0 Å². The van der Waals surface area contributed by atoms with Crippen molar-refractivity contribution in [2.24, 2.45) is 0 Å². The average Bonchev–Trinajstić information content (AvgIpc) is 3.27. The molecule has 23 heavy (non-hydrogen) atoms. The first kappa shape index (κ1) is 15.1. The molecule has 3 fully saturated rings. The summed E-state index contributed by atoms with van der Waals surface area (Å²) in [4.78, 5) is 12.5. The lowest BCUT2D eigenvalue weighted by Crippen LogP contribution is -2.60. The fraction of sp³-hybridized carbons (Fsp3) is 0.611. The molecule has 0 amide bonds. The summed E-state index contributed by atoms with van der Waals surface area (Å²) < 4.78 is 12.5. The van der Waals surface area contributed by atoms with Crippen LogP contribution in [0, 0.1) is 0 Å². The third kappa shape index (κ3) is 2.38. The number of morpholine rings is 1. The van der Waals surface area contributed by atoms with Crippen molar-refractivity contribution in [3.63, 3.8) is 0 Å². The van der Waals surface area contributed by atoms with Crippen molar-refractivity contribution in [2.75, 3.05) is 20.7 Å². The third-order valence-corrected chi connectivity index (χ3v) is 5.99. The Morgan fingerprint density at radius 1 is 1.26 bits per heavy atom. The highest BCUT2D eigenvalue weighted by molar-refractivity contribution is 5.78. The molecule has 3 saturated heterocycles. The third-order valence-electron chi connectivity index (χ3n) is 5.99. The number of likely N-dealkylation sites (N-methyl/N-ethyl adjacent to an activating group) is 1. The summed E-state index contributed by atoms with van der Waals surface area (Å²) in [6, 6.07) is 10.2. The van der Waals surface area contributed by atoms with Crippen LogP contribution < -0.4 is 0 Å².